The molecule has 6 nitrogen and oxygen atoms in total. The van der Waals surface area contributed by atoms with Crippen LogP contribution < -0.4 is 5.56 Å². The van der Waals surface area contributed by atoms with Gasteiger partial charge in [-0.25, -0.2) is 4.98 Å². The number of aryl methyl sites for hydroxylation is 2. The molecule has 1 atom stereocenters. The van der Waals surface area contributed by atoms with Crippen LogP contribution in [0.4, 0.5) is 0 Å². The van der Waals surface area contributed by atoms with Gasteiger partial charge in [-0.2, -0.15) is 0 Å². The largest absolute Gasteiger partial charge is 0.387 e. The van der Waals surface area contributed by atoms with Crippen molar-refractivity contribution in [1.29, 1.82) is 0 Å². The Balaban J connectivity index is 1.82. The van der Waals surface area contributed by atoms with Crippen molar-refractivity contribution in [2.45, 2.75) is 32.9 Å². The number of fused-ring (bicyclic) bond motifs is 1. The number of amides is 1. The lowest BCUT2D eigenvalue weighted by atomic mass is 9.97. The van der Waals surface area contributed by atoms with Crippen LogP contribution >= 0.6 is 0 Å². The van der Waals surface area contributed by atoms with Gasteiger partial charge < -0.3 is 15.0 Å². The van der Waals surface area contributed by atoms with E-state index in [9.17, 15) is 14.7 Å². The van der Waals surface area contributed by atoms with Crippen LogP contribution in [0.1, 0.15) is 34.3 Å². The molecule has 0 bridgehead atoms. The molecular weight excluding hydrogens is 294 g/mol. The van der Waals surface area contributed by atoms with Crippen molar-refractivity contribution in [1.82, 2.24) is 14.9 Å². The van der Waals surface area contributed by atoms with E-state index in [1.165, 1.54) is 0 Å². The number of aliphatic hydroxyl groups is 1. The summed E-state index contributed by atoms with van der Waals surface area (Å²) in [4.78, 5) is 33.0. The molecule has 1 aromatic heterocycles. The molecule has 0 aliphatic carbocycles. The van der Waals surface area contributed by atoms with Gasteiger partial charge in [0.2, 0.25) is 5.91 Å². The standard InChI is InChI=1S/C17H19N3O3/c1-10-14(17(23)19-11(2)18-10)7-16(22)20-8-12-5-3-4-6-13(12)15(21)9-20/h3-6,15,21H,7-9H2,1-2H3,(H,18,19,23)/t15-/m0/s1. The summed E-state index contributed by atoms with van der Waals surface area (Å²) < 4.78 is 0. The third-order valence-electron chi connectivity index (χ3n) is 4.19. The molecule has 23 heavy (non-hydrogen) atoms. The van der Waals surface area contributed by atoms with Gasteiger partial charge in [0, 0.05) is 17.8 Å². The number of aromatic amines is 1. The molecule has 120 valence electrons. The van der Waals surface area contributed by atoms with Gasteiger partial charge in [-0.1, -0.05) is 24.3 Å². The predicted molar refractivity (Wildman–Crippen MR) is 84.9 cm³/mol. The van der Waals surface area contributed by atoms with Crippen LogP contribution in [-0.4, -0.2) is 32.4 Å². The van der Waals surface area contributed by atoms with Gasteiger partial charge in [0.1, 0.15) is 5.82 Å². The molecule has 2 heterocycles. The average Bonchev–Trinajstić information content (AvgIpc) is 2.50. The van der Waals surface area contributed by atoms with Gasteiger partial charge in [0.25, 0.3) is 5.56 Å². The molecule has 2 N–H and O–H groups in total. The molecular formula is C17H19N3O3. The Morgan fingerprint density at radius 2 is 2.13 bits per heavy atom. The van der Waals surface area contributed by atoms with Crippen molar-refractivity contribution in [3.8, 4) is 0 Å². The Morgan fingerprint density at radius 1 is 1.39 bits per heavy atom. The lowest BCUT2D eigenvalue weighted by Gasteiger charge is -2.32. The summed E-state index contributed by atoms with van der Waals surface area (Å²) >= 11 is 0. The first-order valence-corrected chi connectivity index (χ1v) is 7.55. The summed E-state index contributed by atoms with van der Waals surface area (Å²) in [6.45, 7) is 4.12. The van der Waals surface area contributed by atoms with Crippen LogP contribution in [0.15, 0.2) is 29.1 Å². The molecule has 0 saturated heterocycles. The Morgan fingerprint density at radius 3 is 2.87 bits per heavy atom. The third-order valence-corrected chi connectivity index (χ3v) is 4.19. The van der Waals surface area contributed by atoms with Gasteiger partial charge in [-0.05, 0) is 25.0 Å². The lowest BCUT2D eigenvalue weighted by Crippen LogP contribution is -2.40. The third kappa shape index (κ3) is 3.03. The molecule has 0 spiro atoms. The number of nitrogens with one attached hydrogen (secondary N) is 1. The zero-order valence-corrected chi connectivity index (χ0v) is 13.2. The van der Waals surface area contributed by atoms with Gasteiger partial charge >= 0.3 is 0 Å². The quantitative estimate of drug-likeness (QED) is 0.866. The highest BCUT2D eigenvalue weighted by atomic mass is 16.3. The van der Waals surface area contributed by atoms with Crippen molar-refractivity contribution in [2.75, 3.05) is 6.54 Å². The Bertz CT molecular complexity index is 813. The van der Waals surface area contributed by atoms with Crippen molar-refractivity contribution in [3.63, 3.8) is 0 Å². The van der Waals surface area contributed by atoms with E-state index in [1.54, 1.807) is 18.7 Å². The van der Waals surface area contributed by atoms with E-state index in [2.05, 4.69) is 9.97 Å². The number of hydrogen-bond acceptors (Lipinski definition) is 4. The average molecular weight is 313 g/mol. The van der Waals surface area contributed by atoms with Gasteiger partial charge in [0.15, 0.2) is 0 Å². The SMILES string of the molecule is Cc1nc(C)c(CC(=O)N2Cc3ccccc3[C@@H](O)C2)c(=O)[nH]1. The van der Waals surface area contributed by atoms with E-state index in [4.69, 9.17) is 0 Å². The molecule has 6 heteroatoms. The predicted octanol–water partition coefficient (Wildman–Crippen LogP) is 1.01. The molecule has 0 radical (unpaired) electrons. The molecule has 2 aromatic rings. The topological polar surface area (TPSA) is 86.3 Å². The lowest BCUT2D eigenvalue weighted by molar-refractivity contribution is -0.133. The summed E-state index contributed by atoms with van der Waals surface area (Å²) in [6, 6.07) is 7.54. The summed E-state index contributed by atoms with van der Waals surface area (Å²) in [5, 5.41) is 10.2. The monoisotopic (exact) mass is 313 g/mol. The van der Waals surface area contributed by atoms with E-state index in [-0.39, 0.29) is 24.4 Å². The van der Waals surface area contributed by atoms with Gasteiger partial charge in [-0.3, -0.25) is 9.59 Å². The molecule has 1 aromatic carbocycles. The molecule has 0 saturated carbocycles. The van der Waals surface area contributed by atoms with Crippen LogP contribution in [0, 0.1) is 13.8 Å². The van der Waals surface area contributed by atoms with E-state index >= 15 is 0 Å². The minimum Gasteiger partial charge on any atom is -0.387 e. The number of hydrogen-bond donors (Lipinski definition) is 2. The number of nitrogens with zero attached hydrogens (tertiary/aromatic N) is 2. The number of rotatable bonds is 2. The molecule has 3 rings (SSSR count). The van der Waals surface area contributed by atoms with Gasteiger partial charge in [0.05, 0.1) is 19.1 Å². The first kappa shape index (κ1) is 15.4. The smallest absolute Gasteiger partial charge is 0.254 e. The second-order valence-electron chi connectivity index (χ2n) is 5.88. The minimum atomic E-state index is -0.695. The summed E-state index contributed by atoms with van der Waals surface area (Å²) in [7, 11) is 0. The fourth-order valence-corrected chi connectivity index (χ4v) is 2.99. The number of carbonyl (C=O) groups is 1. The fraction of sp³-hybridized carbons (Fsp3) is 0.353. The molecule has 0 unspecified atom stereocenters. The van der Waals surface area contributed by atoms with E-state index in [0.29, 0.717) is 23.6 Å². The molecule has 0 fully saturated rings. The van der Waals surface area contributed by atoms with Crippen LogP contribution in [0.5, 0.6) is 0 Å². The maximum Gasteiger partial charge on any atom is 0.254 e. The van der Waals surface area contributed by atoms with Crippen molar-refractivity contribution < 1.29 is 9.90 Å². The molecule has 1 aliphatic heterocycles. The molecule has 1 aliphatic rings. The van der Waals surface area contributed by atoms with Crippen LogP contribution in [0.2, 0.25) is 0 Å². The number of aliphatic hydroxyl groups excluding tert-OH is 1. The number of H-pyrrole nitrogens is 1. The Hall–Kier alpha value is -2.47. The number of benzene rings is 1. The number of carbonyl (C=O) groups excluding carboxylic acids is 1. The first-order chi connectivity index (χ1) is 11.0. The van der Waals surface area contributed by atoms with E-state index in [1.807, 2.05) is 24.3 Å². The maximum absolute atomic E-state index is 12.5. The minimum absolute atomic E-state index is 0.0106. The summed E-state index contributed by atoms with van der Waals surface area (Å²) in [6.07, 6.45) is -0.706. The Labute approximate surface area is 133 Å². The zero-order valence-electron chi connectivity index (χ0n) is 13.2. The van der Waals surface area contributed by atoms with Crippen molar-refractivity contribution >= 4 is 5.91 Å². The maximum atomic E-state index is 12.5. The highest BCUT2D eigenvalue weighted by Crippen LogP contribution is 2.26. The van der Waals surface area contributed by atoms with Gasteiger partial charge in [-0.15, -0.1) is 0 Å². The van der Waals surface area contributed by atoms with Crippen molar-refractivity contribution in [3.05, 3.63) is 62.8 Å². The summed E-state index contributed by atoms with van der Waals surface area (Å²) in [5.74, 6) is 0.351. The highest BCUT2D eigenvalue weighted by Gasteiger charge is 2.27. The number of aromatic nitrogens is 2. The van der Waals surface area contributed by atoms with Crippen molar-refractivity contribution in [2.24, 2.45) is 0 Å². The highest BCUT2D eigenvalue weighted by molar-refractivity contribution is 5.79. The fourth-order valence-electron chi connectivity index (χ4n) is 2.99. The second kappa shape index (κ2) is 5.96. The summed E-state index contributed by atoms with van der Waals surface area (Å²) in [5.41, 5.74) is 2.47. The first-order valence-electron chi connectivity index (χ1n) is 7.55. The van der Waals surface area contributed by atoms with Crippen LogP contribution in [0.3, 0.4) is 0 Å². The van der Waals surface area contributed by atoms with Crippen LogP contribution in [-0.2, 0) is 17.8 Å². The van der Waals surface area contributed by atoms with Crippen LogP contribution in [0.25, 0.3) is 0 Å². The second-order valence-corrected chi connectivity index (χ2v) is 5.88. The molecule has 1 amide bonds. The normalized spacial score (nSPS) is 17.0. The number of β-amino-alcohol motifs (C(OH)–C–C–N with tert-alkyl or cyclic N) is 1. The Kier molecular flexibility index (Phi) is 4.00. The van der Waals surface area contributed by atoms with E-state index in [0.717, 1.165) is 11.1 Å². The van der Waals surface area contributed by atoms with E-state index < -0.39 is 6.10 Å². The zero-order chi connectivity index (χ0) is 16.6.